The van der Waals surface area contributed by atoms with Crippen molar-refractivity contribution in [2.75, 3.05) is 26.9 Å². The predicted octanol–water partition coefficient (Wildman–Crippen LogP) is 5.85. The van der Waals surface area contributed by atoms with Crippen LogP contribution >= 0.6 is 0 Å². The molecule has 4 nitrogen and oxygen atoms in total. The maximum atomic E-state index is 5.65. The van der Waals surface area contributed by atoms with Crippen molar-refractivity contribution in [1.82, 2.24) is 0 Å². The zero-order valence-electron chi connectivity index (χ0n) is 18.9. The Morgan fingerprint density at radius 2 is 1.63 bits per heavy atom. The van der Waals surface area contributed by atoms with Gasteiger partial charge in [0.05, 0.1) is 6.10 Å². The van der Waals surface area contributed by atoms with E-state index in [2.05, 4.69) is 20.8 Å². The molecule has 0 N–H and O–H groups in total. The number of hydrogen-bond acceptors (Lipinski definition) is 4. The van der Waals surface area contributed by atoms with Crippen LogP contribution in [0, 0.1) is 50.9 Å². The van der Waals surface area contributed by atoms with Gasteiger partial charge in [0, 0.05) is 33.4 Å². The molecular weight excluding hydrogens is 566 g/mol. The van der Waals surface area contributed by atoms with Crippen LogP contribution < -0.4 is 0 Å². The summed E-state index contributed by atoms with van der Waals surface area (Å²) in [4.78, 5) is 0. The molecule has 162 valence electrons. The van der Waals surface area contributed by atoms with E-state index in [0.29, 0.717) is 24.7 Å². The fourth-order valence-electron chi connectivity index (χ4n) is 2.66. The molecular formula is C22H46O4U. The molecule has 0 aromatic heterocycles. The molecule has 2 aliphatic heterocycles. The van der Waals surface area contributed by atoms with Gasteiger partial charge in [-0.3, -0.25) is 0 Å². The molecule has 0 amide bonds. The van der Waals surface area contributed by atoms with E-state index in [-0.39, 0.29) is 37.4 Å². The van der Waals surface area contributed by atoms with Crippen LogP contribution in [0.25, 0.3) is 0 Å². The Kier molecular flexibility index (Phi) is 30.1. The maximum absolute atomic E-state index is 5.65. The van der Waals surface area contributed by atoms with E-state index in [1.165, 1.54) is 6.42 Å². The molecule has 5 heteroatoms. The number of hydrogen-bond donors (Lipinski definition) is 0. The molecule has 4 unspecified atom stereocenters. The molecule has 4 atom stereocenters. The summed E-state index contributed by atoms with van der Waals surface area (Å²) < 4.78 is 21.5. The predicted molar refractivity (Wildman–Crippen MR) is 111 cm³/mol. The third kappa shape index (κ3) is 20.0. The summed E-state index contributed by atoms with van der Waals surface area (Å²) in [5.74, 6) is 0.292. The third-order valence-corrected chi connectivity index (χ3v) is 3.97. The van der Waals surface area contributed by atoms with Crippen LogP contribution in [-0.4, -0.2) is 45.4 Å². The van der Waals surface area contributed by atoms with Gasteiger partial charge in [0.25, 0.3) is 0 Å². The summed E-state index contributed by atoms with van der Waals surface area (Å²) >= 11 is 0. The molecule has 0 aliphatic carbocycles. The van der Waals surface area contributed by atoms with Crippen molar-refractivity contribution in [3.63, 3.8) is 0 Å². The molecule has 2 heterocycles. The molecule has 27 heavy (non-hydrogen) atoms. The minimum absolute atomic E-state index is 0. The Hall–Kier alpha value is 0.892. The second-order valence-corrected chi connectivity index (χ2v) is 6.16. The van der Waals surface area contributed by atoms with Crippen LogP contribution in [0.2, 0.25) is 0 Å². The van der Waals surface area contributed by atoms with Gasteiger partial charge in [-0.2, -0.15) is 0 Å². The van der Waals surface area contributed by atoms with Crippen molar-refractivity contribution in [3.8, 4) is 0 Å². The molecule has 2 saturated heterocycles. The molecule has 0 spiro atoms. The summed E-state index contributed by atoms with van der Waals surface area (Å²) in [7, 11) is 1.77. The van der Waals surface area contributed by atoms with E-state index < -0.39 is 0 Å². The van der Waals surface area contributed by atoms with E-state index in [1.54, 1.807) is 7.11 Å². The van der Waals surface area contributed by atoms with Gasteiger partial charge in [-0.15, -0.1) is 5.92 Å². The van der Waals surface area contributed by atoms with E-state index in [4.69, 9.17) is 18.9 Å². The minimum Gasteiger partial charge on any atom is -0.410 e. The average molecular weight is 613 g/mol. The van der Waals surface area contributed by atoms with Crippen molar-refractivity contribution in [3.05, 3.63) is 13.8 Å². The van der Waals surface area contributed by atoms with E-state index in [1.807, 2.05) is 27.7 Å². The van der Waals surface area contributed by atoms with Gasteiger partial charge < -0.3 is 32.8 Å². The van der Waals surface area contributed by atoms with Gasteiger partial charge >= 0.3 is 31.1 Å². The first kappa shape index (κ1) is 32.6. The molecule has 2 fully saturated rings. The Morgan fingerprint density at radius 1 is 1.04 bits per heavy atom. The van der Waals surface area contributed by atoms with E-state index in [9.17, 15) is 0 Å². The molecule has 0 saturated carbocycles. The number of rotatable bonds is 8. The monoisotopic (exact) mass is 612 g/mol. The van der Waals surface area contributed by atoms with Gasteiger partial charge in [0.2, 0.25) is 0 Å². The van der Waals surface area contributed by atoms with Crippen LogP contribution in [0.4, 0.5) is 0 Å². The minimum atomic E-state index is 0. The molecule has 0 radical (unpaired) electrons. The van der Waals surface area contributed by atoms with Crippen LogP contribution in [0.5, 0.6) is 0 Å². The first-order valence-corrected chi connectivity index (χ1v) is 10.7. The van der Waals surface area contributed by atoms with Crippen LogP contribution in [0.1, 0.15) is 79.6 Å². The Bertz CT molecular complexity index is 255. The van der Waals surface area contributed by atoms with E-state index >= 15 is 0 Å². The summed E-state index contributed by atoms with van der Waals surface area (Å²) in [5, 5.41) is 0. The zero-order chi connectivity index (χ0) is 20.2. The Morgan fingerprint density at radius 3 is 2.00 bits per heavy atom. The van der Waals surface area contributed by atoms with Crippen molar-refractivity contribution in [1.29, 1.82) is 0 Å². The van der Waals surface area contributed by atoms with Gasteiger partial charge in [0.1, 0.15) is 0 Å². The third-order valence-electron chi connectivity index (χ3n) is 3.97. The first-order chi connectivity index (χ1) is 12.7. The van der Waals surface area contributed by atoms with Gasteiger partial charge in [-0.25, -0.2) is 0 Å². The van der Waals surface area contributed by atoms with Crippen molar-refractivity contribution < 1.29 is 50.1 Å². The standard InChI is InChI=1S/C13H25O3.C5H9O.2C2H6.U/c1-4-6-12(14-3)9-11(2)10-16-13-7-5-8-15-13;1-5-3-2-4-6-5;2*1-2;/h11-13H,2,4-10H2,1,3H3;5H,1-4H2;2*1-2H3;/q2*-1;;;+2. The summed E-state index contributed by atoms with van der Waals surface area (Å²) in [5.41, 5.74) is 0. The molecule has 0 aromatic carbocycles. The maximum Gasteiger partial charge on any atom is 2.00 e. The van der Waals surface area contributed by atoms with Crippen molar-refractivity contribution in [2.45, 2.75) is 98.1 Å². The summed E-state index contributed by atoms with van der Waals surface area (Å²) in [6.07, 6.45) is 8.34. The van der Waals surface area contributed by atoms with Gasteiger partial charge in [-0.05, 0) is 25.7 Å². The van der Waals surface area contributed by atoms with Crippen LogP contribution in [-0.2, 0) is 18.9 Å². The summed E-state index contributed by atoms with van der Waals surface area (Å²) in [6.45, 7) is 20.4. The Balaban J connectivity index is -0.000000437. The van der Waals surface area contributed by atoms with Crippen LogP contribution in [0.3, 0.4) is 0 Å². The number of ether oxygens (including phenoxy) is 4. The summed E-state index contributed by atoms with van der Waals surface area (Å²) in [6, 6.07) is 0. The second-order valence-electron chi connectivity index (χ2n) is 6.16. The zero-order valence-corrected chi connectivity index (χ0v) is 23.1. The normalized spacial score (nSPS) is 22.7. The van der Waals surface area contributed by atoms with E-state index in [0.717, 1.165) is 51.7 Å². The largest absolute Gasteiger partial charge is 2.00 e. The fourth-order valence-corrected chi connectivity index (χ4v) is 2.66. The molecule has 0 bridgehead atoms. The molecule has 2 aliphatic rings. The topological polar surface area (TPSA) is 36.9 Å². The fraction of sp³-hybridized carbons (Fsp3) is 0.909. The first-order valence-electron chi connectivity index (χ1n) is 10.7. The quantitative estimate of drug-likeness (QED) is 0.323. The van der Waals surface area contributed by atoms with Crippen LogP contribution in [0.15, 0.2) is 0 Å². The Labute approximate surface area is 194 Å². The smallest absolute Gasteiger partial charge is 0.410 e. The van der Waals surface area contributed by atoms with Crippen molar-refractivity contribution in [2.24, 2.45) is 5.92 Å². The second kappa shape index (κ2) is 24.9. The number of methoxy groups -OCH3 is 1. The van der Waals surface area contributed by atoms with Gasteiger partial charge in [-0.1, -0.05) is 53.6 Å². The molecule has 0 aromatic rings. The van der Waals surface area contributed by atoms with Crippen molar-refractivity contribution >= 4 is 0 Å². The molecule has 2 rings (SSSR count). The average Bonchev–Trinajstić information content (AvgIpc) is 3.37. The van der Waals surface area contributed by atoms with Gasteiger partial charge in [0.15, 0.2) is 6.29 Å². The SMILES string of the molecule is CC.CC.[CH2-]C(COC1CCCO1)CC(CCC)OC.[CH2-]C1CCCO1.[U+2].